The van der Waals surface area contributed by atoms with Crippen molar-refractivity contribution in [1.29, 1.82) is 0 Å². The number of carbonyl (C=O) groups excluding carboxylic acids is 1. The number of carbonyl (C=O) groups is 1. The van der Waals surface area contributed by atoms with E-state index in [4.69, 9.17) is 10.9 Å². The van der Waals surface area contributed by atoms with Gasteiger partial charge < -0.3 is 16.3 Å². The summed E-state index contributed by atoms with van der Waals surface area (Å²) in [7, 11) is 0. The molecular weight excluding hydrogens is 422 g/mol. The highest BCUT2D eigenvalue weighted by molar-refractivity contribution is 9.13. The molecule has 0 radical (unpaired) electrons. The Kier molecular flexibility index (Phi) is 5.02. The molecule has 0 aliphatic heterocycles. The van der Waals surface area contributed by atoms with E-state index < -0.39 is 0 Å². The summed E-state index contributed by atoms with van der Waals surface area (Å²) in [5.74, 6) is -0.224. The highest BCUT2D eigenvalue weighted by Crippen LogP contribution is 2.32. The Hall–Kier alpha value is -1.38. The van der Waals surface area contributed by atoms with Gasteiger partial charge in [-0.05, 0) is 56.5 Å². The van der Waals surface area contributed by atoms with Crippen molar-refractivity contribution >= 4 is 60.6 Å². The lowest BCUT2D eigenvalue weighted by Gasteiger charge is -2.09. The summed E-state index contributed by atoms with van der Waals surface area (Å²) in [6.45, 7) is 1.87. The highest BCUT2D eigenvalue weighted by atomic mass is 79.9. The van der Waals surface area contributed by atoms with Crippen LogP contribution in [0.4, 0.5) is 5.69 Å². The lowest BCUT2D eigenvalue weighted by atomic mass is 10.1. The minimum atomic E-state index is -0.217. The summed E-state index contributed by atoms with van der Waals surface area (Å²) in [6, 6.07) is 6.92. The largest absolute Gasteiger partial charge is 0.409 e. The Morgan fingerprint density at radius 2 is 2.10 bits per heavy atom. The van der Waals surface area contributed by atoms with E-state index in [1.807, 2.05) is 6.92 Å². The second-order valence-electron chi connectivity index (χ2n) is 4.20. The third kappa shape index (κ3) is 3.63. The molecule has 0 spiro atoms. The van der Waals surface area contributed by atoms with Gasteiger partial charge >= 0.3 is 0 Å². The lowest BCUT2D eigenvalue weighted by Crippen LogP contribution is -2.15. The number of amidine groups is 1. The number of oxime groups is 1. The number of hydrogen-bond donors (Lipinski definition) is 3. The molecule has 0 fully saturated rings. The molecule has 0 saturated carbocycles. The van der Waals surface area contributed by atoms with Gasteiger partial charge in [-0.1, -0.05) is 17.3 Å². The van der Waals surface area contributed by atoms with E-state index >= 15 is 0 Å². The number of aryl methyl sites for hydroxylation is 1. The van der Waals surface area contributed by atoms with E-state index in [0.29, 0.717) is 16.1 Å². The van der Waals surface area contributed by atoms with Crippen molar-refractivity contribution < 1.29 is 10.0 Å². The zero-order chi connectivity index (χ0) is 15.6. The van der Waals surface area contributed by atoms with Crippen LogP contribution in [-0.4, -0.2) is 17.0 Å². The molecule has 0 saturated heterocycles. The quantitative estimate of drug-likeness (QED) is 0.297. The van der Waals surface area contributed by atoms with Gasteiger partial charge in [-0.3, -0.25) is 4.79 Å². The molecule has 0 unspecified atom stereocenters. The van der Waals surface area contributed by atoms with Gasteiger partial charge in [-0.15, -0.1) is 11.3 Å². The second-order valence-corrected chi connectivity index (χ2v) is 7.43. The first-order chi connectivity index (χ1) is 9.92. The minimum Gasteiger partial charge on any atom is -0.409 e. The number of halogens is 2. The molecule has 4 N–H and O–H groups in total. The first kappa shape index (κ1) is 16.0. The lowest BCUT2D eigenvalue weighted by molar-refractivity contribution is 0.103. The van der Waals surface area contributed by atoms with Crippen LogP contribution in [0.5, 0.6) is 0 Å². The van der Waals surface area contributed by atoms with Crippen molar-refractivity contribution in [2.45, 2.75) is 6.92 Å². The average Bonchev–Trinajstić information content (AvgIpc) is 2.80. The number of rotatable bonds is 3. The van der Waals surface area contributed by atoms with E-state index in [2.05, 4.69) is 42.3 Å². The standard InChI is InChI=1S/C13H11Br2N3O2S/c1-6-2-3-7(12(16)18-20)4-9(6)17-13(19)10-5-8(14)11(15)21-10/h2-5,20H,1H3,(H2,16,18)(H,17,19). The van der Waals surface area contributed by atoms with E-state index in [9.17, 15) is 4.79 Å². The molecule has 5 nitrogen and oxygen atoms in total. The topological polar surface area (TPSA) is 87.7 Å². The Labute approximate surface area is 142 Å². The van der Waals surface area contributed by atoms with Crippen molar-refractivity contribution in [1.82, 2.24) is 0 Å². The van der Waals surface area contributed by atoms with Gasteiger partial charge in [-0.25, -0.2) is 0 Å². The zero-order valence-corrected chi connectivity index (χ0v) is 14.8. The molecule has 110 valence electrons. The van der Waals surface area contributed by atoms with E-state index in [1.54, 1.807) is 24.3 Å². The van der Waals surface area contributed by atoms with Crippen LogP contribution in [0.1, 0.15) is 20.8 Å². The van der Waals surface area contributed by atoms with E-state index in [0.717, 1.165) is 13.8 Å². The van der Waals surface area contributed by atoms with Gasteiger partial charge in [0, 0.05) is 15.7 Å². The molecule has 2 rings (SSSR count). The molecular formula is C13H11Br2N3O2S. The zero-order valence-electron chi connectivity index (χ0n) is 10.9. The Bertz CT molecular complexity index is 709. The monoisotopic (exact) mass is 431 g/mol. The van der Waals surface area contributed by atoms with Crippen molar-refractivity contribution in [3.05, 3.63) is 48.5 Å². The van der Waals surface area contributed by atoms with Crippen LogP contribution >= 0.6 is 43.2 Å². The summed E-state index contributed by atoms with van der Waals surface area (Å²) < 4.78 is 1.69. The molecule has 0 atom stereocenters. The number of nitrogens with one attached hydrogen (secondary N) is 1. The van der Waals surface area contributed by atoms with Crippen LogP contribution in [0.15, 0.2) is 37.7 Å². The predicted octanol–water partition coefficient (Wildman–Crippen LogP) is 3.93. The van der Waals surface area contributed by atoms with Crippen LogP contribution in [0.3, 0.4) is 0 Å². The summed E-state index contributed by atoms with van der Waals surface area (Å²) in [5, 5.41) is 14.5. The summed E-state index contributed by atoms with van der Waals surface area (Å²) in [5.41, 5.74) is 7.59. The summed E-state index contributed by atoms with van der Waals surface area (Å²) in [4.78, 5) is 12.8. The van der Waals surface area contributed by atoms with Crippen LogP contribution in [0.2, 0.25) is 0 Å². The normalized spacial score (nSPS) is 11.5. The van der Waals surface area contributed by atoms with Crippen molar-refractivity contribution in [3.8, 4) is 0 Å². The molecule has 2 aromatic rings. The van der Waals surface area contributed by atoms with Gasteiger partial charge in [0.25, 0.3) is 5.91 Å². The van der Waals surface area contributed by atoms with Crippen LogP contribution < -0.4 is 11.1 Å². The smallest absolute Gasteiger partial charge is 0.265 e. The van der Waals surface area contributed by atoms with Gasteiger partial charge in [0.15, 0.2) is 5.84 Å². The number of amides is 1. The van der Waals surface area contributed by atoms with Crippen LogP contribution in [0.25, 0.3) is 0 Å². The molecule has 21 heavy (non-hydrogen) atoms. The number of benzene rings is 1. The van der Waals surface area contributed by atoms with E-state index in [-0.39, 0.29) is 11.7 Å². The first-order valence-electron chi connectivity index (χ1n) is 5.77. The Morgan fingerprint density at radius 1 is 1.38 bits per heavy atom. The van der Waals surface area contributed by atoms with Crippen molar-refractivity contribution in [2.75, 3.05) is 5.32 Å². The third-order valence-electron chi connectivity index (χ3n) is 2.76. The maximum Gasteiger partial charge on any atom is 0.265 e. The molecule has 0 bridgehead atoms. The van der Waals surface area contributed by atoms with Crippen LogP contribution in [0, 0.1) is 6.92 Å². The molecule has 1 heterocycles. The number of anilines is 1. The Morgan fingerprint density at radius 3 is 2.67 bits per heavy atom. The Balaban J connectivity index is 2.28. The van der Waals surface area contributed by atoms with Crippen molar-refractivity contribution in [2.24, 2.45) is 10.9 Å². The predicted molar refractivity (Wildman–Crippen MR) is 91.4 cm³/mol. The van der Waals surface area contributed by atoms with Gasteiger partial charge in [0.1, 0.15) is 0 Å². The molecule has 0 aliphatic carbocycles. The molecule has 1 aromatic heterocycles. The number of hydrogen-bond acceptors (Lipinski definition) is 4. The molecule has 0 aliphatic rings. The molecule has 8 heteroatoms. The van der Waals surface area contributed by atoms with Gasteiger partial charge in [0.2, 0.25) is 0 Å². The minimum absolute atomic E-state index is 0.00730. The van der Waals surface area contributed by atoms with Crippen molar-refractivity contribution in [3.63, 3.8) is 0 Å². The van der Waals surface area contributed by atoms with Gasteiger partial charge in [-0.2, -0.15) is 0 Å². The fourth-order valence-electron chi connectivity index (χ4n) is 1.62. The number of thiophene rings is 1. The maximum atomic E-state index is 12.2. The van der Waals surface area contributed by atoms with Gasteiger partial charge in [0.05, 0.1) is 8.66 Å². The highest BCUT2D eigenvalue weighted by Gasteiger charge is 2.14. The average molecular weight is 433 g/mol. The summed E-state index contributed by atoms with van der Waals surface area (Å²) >= 11 is 8.04. The fourth-order valence-corrected chi connectivity index (χ4v) is 3.55. The molecule has 1 aromatic carbocycles. The van der Waals surface area contributed by atoms with Crippen LogP contribution in [-0.2, 0) is 0 Å². The third-order valence-corrected chi connectivity index (χ3v) is 6.01. The van der Waals surface area contributed by atoms with E-state index in [1.165, 1.54) is 11.3 Å². The molecule has 1 amide bonds. The fraction of sp³-hybridized carbons (Fsp3) is 0.0769. The summed E-state index contributed by atoms with van der Waals surface area (Å²) in [6.07, 6.45) is 0. The SMILES string of the molecule is Cc1ccc(/C(N)=N/O)cc1NC(=O)c1cc(Br)c(Br)s1. The first-order valence-corrected chi connectivity index (χ1v) is 8.17. The number of nitrogens with zero attached hydrogens (tertiary/aromatic N) is 1. The number of nitrogens with two attached hydrogens (primary N) is 1. The second kappa shape index (κ2) is 6.59. The maximum absolute atomic E-state index is 12.2.